The Hall–Kier alpha value is -2.24. The molecule has 7 heteroatoms. The fourth-order valence-electron chi connectivity index (χ4n) is 1.90. The number of halogens is 2. The van der Waals surface area contributed by atoms with Crippen molar-refractivity contribution in [3.63, 3.8) is 0 Å². The summed E-state index contributed by atoms with van der Waals surface area (Å²) in [6.45, 7) is 2.40. The molecule has 126 valence electrons. The third-order valence-electron chi connectivity index (χ3n) is 3.10. The smallest absolute Gasteiger partial charge is 0.338 e. The predicted octanol–water partition coefficient (Wildman–Crippen LogP) is 4.49. The lowest BCUT2D eigenvalue weighted by Gasteiger charge is -2.09. The van der Waals surface area contributed by atoms with Crippen LogP contribution in [0.1, 0.15) is 22.8 Å². The Morgan fingerprint density at radius 3 is 2.38 bits per heavy atom. The number of rotatable bonds is 5. The minimum absolute atomic E-state index is 0.316. The summed E-state index contributed by atoms with van der Waals surface area (Å²) >= 11 is 11.7. The van der Waals surface area contributed by atoms with Crippen LogP contribution in [0.25, 0.3) is 0 Å². The zero-order valence-electron chi connectivity index (χ0n) is 12.9. The van der Waals surface area contributed by atoms with Crippen LogP contribution in [0.5, 0.6) is 0 Å². The lowest BCUT2D eigenvalue weighted by atomic mass is 10.1. The number of carbonyl (C=O) groups is 2. The van der Waals surface area contributed by atoms with E-state index >= 15 is 0 Å². The van der Waals surface area contributed by atoms with Gasteiger partial charge in [-0.15, -0.1) is 0 Å². The van der Waals surface area contributed by atoms with Crippen molar-refractivity contribution >= 4 is 40.9 Å². The Morgan fingerprint density at radius 1 is 1.04 bits per heavy atom. The number of urea groups is 1. The Bertz CT molecular complexity index is 733. The Labute approximate surface area is 149 Å². The van der Waals surface area contributed by atoms with E-state index in [2.05, 4.69) is 10.6 Å². The summed E-state index contributed by atoms with van der Waals surface area (Å²) in [7, 11) is 0. The first kappa shape index (κ1) is 18.1. The quantitative estimate of drug-likeness (QED) is 0.765. The van der Waals surface area contributed by atoms with Gasteiger partial charge in [-0.05, 0) is 42.8 Å². The fraction of sp³-hybridized carbons (Fsp3) is 0.176. The number of carbonyl (C=O) groups excluding carboxylic acids is 2. The van der Waals surface area contributed by atoms with E-state index in [0.717, 1.165) is 5.56 Å². The number of hydrogen-bond donors (Lipinski definition) is 2. The molecule has 0 radical (unpaired) electrons. The van der Waals surface area contributed by atoms with Crippen LogP contribution in [0.2, 0.25) is 10.0 Å². The third kappa shape index (κ3) is 5.15. The topological polar surface area (TPSA) is 67.4 Å². The molecule has 0 aromatic heterocycles. The van der Waals surface area contributed by atoms with E-state index in [-0.39, 0.29) is 12.0 Å². The van der Waals surface area contributed by atoms with Gasteiger partial charge >= 0.3 is 12.0 Å². The molecule has 2 aromatic rings. The molecule has 0 heterocycles. The molecule has 0 fully saturated rings. The zero-order chi connectivity index (χ0) is 17.5. The molecular weight excluding hydrogens is 351 g/mol. The van der Waals surface area contributed by atoms with Crippen molar-refractivity contribution in [2.24, 2.45) is 0 Å². The molecule has 2 amide bonds. The molecule has 24 heavy (non-hydrogen) atoms. The highest BCUT2D eigenvalue weighted by atomic mass is 35.5. The van der Waals surface area contributed by atoms with E-state index in [1.807, 2.05) is 0 Å². The van der Waals surface area contributed by atoms with E-state index in [9.17, 15) is 9.59 Å². The zero-order valence-corrected chi connectivity index (χ0v) is 14.4. The van der Waals surface area contributed by atoms with Crippen molar-refractivity contribution in [3.05, 3.63) is 63.6 Å². The average Bonchev–Trinajstić information content (AvgIpc) is 2.57. The predicted molar refractivity (Wildman–Crippen MR) is 94.7 cm³/mol. The maximum atomic E-state index is 11.9. The largest absolute Gasteiger partial charge is 0.462 e. The van der Waals surface area contributed by atoms with E-state index in [0.29, 0.717) is 34.4 Å². The van der Waals surface area contributed by atoms with Crippen molar-refractivity contribution in [2.45, 2.75) is 13.5 Å². The lowest BCUT2D eigenvalue weighted by molar-refractivity contribution is 0.0526. The third-order valence-corrected chi connectivity index (χ3v) is 3.83. The molecule has 2 N–H and O–H groups in total. The van der Waals surface area contributed by atoms with Gasteiger partial charge < -0.3 is 15.4 Å². The maximum absolute atomic E-state index is 11.9. The summed E-state index contributed by atoms with van der Waals surface area (Å²) < 4.78 is 4.91. The first-order chi connectivity index (χ1) is 11.5. The molecule has 2 aromatic carbocycles. The molecule has 0 aliphatic carbocycles. The van der Waals surface area contributed by atoms with Crippen molar-refractivity contribution in [1.29, 1.82) is 0 Å². The van der Waals surface area contributed by atoms with Crippen LogP contribution < -0.4 is 10.6 Å². The molecule has 0 aliphatic heterocycles. The minimum Gasteiger partial charge on any atom is -0.462 e. The average molecular weight is 367 g/mol. The number of amides is 2. The Kier molecular flexibility index (Phi) is 6.46. The molecule has 2 rings (SSSR count). The highest BCUT2D eigenvalue weighted by Gasteiger charge is 2.07. The summed E-state index contributed by atoms with van der Waals surface area (Å²) in [5.41, 5.74) is 1.87. The van der Waals surface area contributed by atoms with E-state index in [1.165, 1.54) is 0 Å². The van der Waals surface area contributed by atoms with Crippen LogP contribution in [0.4, 0.5) is 10.5 Å². The maximum Gasteiger partial charge on any atom is 0.338 e. The standard InChI is InChI=1S/C17H16Cl2N2O3/c1-2-24-16(22)12-5-3-11(4-6-12)10-20-17(23)21-13-7-8-14(18)15(19)9-13/h3-9H,2,10H2,1H3,(H2,20,21,23). The van der Waals surface area contributed by atoms with Gasteiger partial charge in [0.05, 0.1) is 22.2 Å². The molecule has 0 aliphatic rings. The molecule has 0 spiro atoms. The van der Waals surface area contributed by atoms with E-state index in [1.54, 1.807) is 49.4 Å². The first-order valence-corrected chi connectivity index (χ1v) is 8.01. The summed E-state index contributed by atoms with van der Waals surface area (Å²) in [4.78, 5) is 23.4. The molecular formula is C17H16Cl2N2O3. The fourth-order valence-corrected chi connectivity index (χ4v) is 2.20. The van der Waals surface area contributed by atoms with Crippen LogP contribution >= 0.6 is 23.2 Å². The molecule has 0 unspecified atom stereocenters. The van der Waals surface area contributed by atoms with Crippen molar-refractivity contribution in [1.82, 2.24) is 5.32 Å². The monoisotopic (exact) mass is 366 g/mol. The van der Waals surface area contributed by atoms with Crippen LogP contribution in [0.15, 0.2) is 42.5 Å². The van der Waals surface area contributed by atoms with E-state index in [4.69, 9.17) is 27.9 Å². The van der Waals surface area contributed by atoms with Crippen LogP contribution in [0.3, 0.4) is 0 Å². The molecule has 0 saturated heterocycles. The lowest BCUT2D eigenvalue weighted by Crippen LogP contribution is -2.28. The first-order valence-electron chi connectivity index (χ1n) is 7.25. The van der Waals surface area contributed by atoms with Gasteiger partial charge in [-0.3, -0.25) is 0 Å². The second kappa shape index (κ2) is 8.57. The summed E-state index contributed by atoms with van der Waals surface area (Å²) in [6, 6.07) is 11.3. The molecule has 0 saturated carbocycles. The molecule has 5 nitrogen and oxygen atoms in total. The van der Waals surface area contributed by atoms with Gasteiger partial charge in [0.1, 0.15) is 0 Å². The highest BCUT2D eigenvalue weighted by Crippen LogP contribution is 2.24. The summed E-state index contributed by atoms with van der Waals surface area (Å²) in [5.74, 6) is -0.366. The SMILES string of the molecule is CCOC(=O)c1ccc(CNC(=O)Nc2ccc(Cl)c(Cl)c2)cc1. The number of esters is 1. The van der Waals surface area contributed by atoms with Gasteiger partial charge in [-0.25, -0.2) is 9.59 Å². The van der Waals surface area contributed by atoms with Crippen LogP contribution in [-0.2, 0) is 11.3 Å². The second-order valence-electron chi connectivity index (χ2n) is 4.85. The van der Waals surface area contributed by atoms with Crippen molar-refractivity contribution in [3.8, 4) is 0 Å². The normalized spacial score (nSPS) is 10.1. The molecule has 0 atom stereocenters. The minimum atomic E-state index is -0.372. The second-order valence-corrected chi connectivity index (χ2v) is 5.67. The number of anilines is 1. The Balaban J connectivity index is 1.87. The number of ether oxygens (including phenoxy) is 1. The number of benzene rings is 2. The van der Waals surface area contributed by atoms with Gasteiger partial charge in [0.25, 0.3) is 0 Å². The van der Waals surface area contributed by atoms with E-state index < -0.39 is 0 Å². The Morgan fingerprint density at radius 2 is 1.75 bits per heavy atom. The van der Waals surface area contributed by atoms with Gasteiger partial charge in [0.2, 0.25) is 0 Å². The highest BCUT2D eigenvalue weighted by molar-refractivity contribution is 6.42. The summed E-state index contributed by atoms with van der Waals surface area (Å²) in [5, 5.41) is 6.16. The van der Waals surface area contributed by atoms with Crippen molar-refractivity contribution in [2.75, 3.05) is 11.9 Å². The van der Waals surface area contributed by atoms with Gasteiger partial charge in [-0.2, -0.15) is 0 Å². The molecule has 0 bridgehead atoms. The number of nitrogens with one attached hydrogen (secondary N) is 2. The van der Waals surface area contributed by atoms with Gasteiger partial charge in [0, 0.05) is 12.2 Å². The summed E-state index contributed by atoms with van der Waals surface area (Å²) in [6.07, 6.45) is 0. The van der Waals surface area contributed by atoms with Crippen molar-refractivity contribution < 1.29 is 14.3 Å². The van der Waals surface area contributed by atoms with Crippen LogP contribution in [-0.4, -0.2) is 18.6 Å². The van der Waals surface area contributed by atoms with Crippen LogP contribution in [0, 0.1) is 0 Å². The number of hydrogen-bond acceptors (Lipinski definition) is 3. The van der Waals surface area contributed by atoms with Gasteiger partial charge in [-0.1, -0.05) is 35.3 Å². The van der Waals surface area contributed by atoms with Gasteiger partial charge in [0.15, 0.2) is 0 Å².